The minimum absolute atomic E-state index is 0.00519. The van der Waals surface area contributed by atoms with Crippen molar-refractivity contribution in [3.63, 3.8) is 0 Å². The molecule has 3 rings (SSSR count). The van der Waals surface area contributed by atoms with Gasteiger partial charge in [-0.15, -0.1) is 0 Å². The molecule has 1 amide bonds. The molecule has 0 fully saturated rings. The van der Waals surface area contributed by atoms with Crippen LogP contribution in [0.4, 0.5) is 0 Å². The van der Waals surface area contributed by atoms with E-state index in [1.165, 1.54) is 16.5 Å². The van der Waals surface area contributed by atoms with Crippen molar-refractivity contribution in [1.82, 2.24) is 10.3 Å². The molecule has 0 aliphatic heterocycles. The Bertz CT molecular complexity index is 790. The van der Waals surface area contributed by atoms with E-state index in [1.807, 2.05) is 38.1 Å². The van der Waals surface area contributed by atoms with E-state index >= 15 is 0 Å². The zero-order chi connectivity index (χ0) is 16.2. The lowest BCUT2D eigenvalue weighted by molar-refractivity contribution is -0.124. The largest absolute Gasteiger partial charge is 0.361 e. The van der Waals surface area contributed by atoms with Crippen molar-refractivity contribution in [1.29, 1.82) is 0 Å². The van der Waals surface area contributed by atoms with E-state index in [1.54, 1.807) is 0 Å². The number of carbonyl (C=O) groups excluding carboxylic acids is 1. The first-order chi connectivity index (χ1) is 11.2. The molecule has 2 aromatic carbocycles. The SMILES string of the molecule is CC(C)C(=O)NC[C@@H](c1ccccc1)c1c[nH]c2ccccc12. The van der Waals surface area contributed by atoms with Gasteiger partial charge in [-0.25, -0.2) is 0 Å². The number of aromatic amines is 1. The Balaban J connectivity index is 1.96. The van der Waals surface area contributed by atoms with Crippen LogP contribution in [-0.4, -0.2) is 17.4 Å². The number of benzene rings is 2. The van der Waals surface area contributed by atoms with Gasteiger partial charge in [-0.3, -0.25) is 4.79 Å². The lowest BCUT2D eigenvalue weighted by Gasteiger charge is -2.19. The van der Waals surface area contributed by atoms with Crippen LogP contribution < -0.4 is 5.32 Å². The number of nitrogens with one attached hydrogen (secondary N) is 2. The quantitative estimate of drug-likeness (QED) is 0.733. The zero-order valence-electron chi connectivity index (χ0n) is 13.5. The molecule has 1 atom stereocenters. The highest BCUT2D eigenvalue weighted by Crippen LogP contribution is 2.30. The summed E-state index contributed by atoms with van der Waals surface area (Å²) in [4.78, 5) is 15.3. The van der Waals surface area contributed by atoms with Crippen LogP contribution in [0.1, 0.15) is 30.9 Å². The summed E-state index contributed by atoms with van der Waals surface area (Å²) in [6, 6.07) is 18.6. The molecular weight excluding hydrogens is 284 g/mol. The van der Waals surface area contributed by atoms with Gasteiger partial charge in [0.15, 0.2) is 0 Å². The second-order valence-corrected chi connectivity index (χ2v) is 6.15. The molecule has 0 bridgehead atoms. The molecule has 23 heavy (non-hydrogen) atoms. The Kier molecular flexibility index (Phi) is 4.47. The summed E-state index contributed by atoms with van der Waals surface area (Å²) in [6.45, 7) is 4.43. The molecule has 0 aliphatic rings. The number of amides is 1. The van der Waals surface area contributed by atoms with Crippen molar-refractivity contribution in [2.24, 2.45) is 5.92 Å². The summed E-state index contributed by atoms with van der Waals surface area (Å²) in [7, 11) is 0. The number of aromatic nitrogens is 1. The highest BCUT2D eigenvalue weighted by atomic mass is 16.1. The predicted octanol–water partition coefficient (Wildman–Crippen LogP) is 4.07. The first kappa shape index (κ1) is 15.3. The van der Waals surface area contributed by atoms with E-state index in [0.717, 1.165) is 5.52 Å². The van der Waals surface area contributed by atoms with Gasteiger partial charge in [-0.05, 0) is 17.2 Å². The summed E-state index contributed by atoms with van der Waals surface area (Å²) in [5, 5.41) is 4.29. The first-order valence-electron chi connectivity index (χ1n) is 8.05. The van der Waals surface area contributed by atoms with Crippen molar-refractivity contribution in [3.8, 4) is 0 Å². The number of hydrogen-bond acceptors (Lipinski definition) is 1. The average Bonchev–Trinajstić information content (AvgIpc) is 3.00. The zero-order valence-corrected chi connectivity index (χ0v) is 13.5. The Hall–Kier alpha value is -2.55. The Morgan fingerprint density at radius 1 is 1.04 bits per heavy atom. The monoisotopic (exact) mass is 306 g/mol. The van der Waals surface area contributed by atoms with E-state index in [4.69, 9.17) is 0 Å². The molecule has 1 heterocycles. The van der Waals surface area contributed by atoms with E-state index in [-0.39, 0.29) is 17.7 Å². The second kappa shape index (κ2) is 6.69. The fourth-order valence-electron chi connectivity index (χ4n) is 2.88. The van der Waals surface area contributed by atoms with Gasteiger partial charge >= 0.3 is 0 Å². The summed E-state index contributed by atoms with van der Waals surface area (Å²) in [6.07, 6.45) is 2.06. The predicted molar refractivity (Wildman–Crippen MR) is 94.4 cm³/mol. The minimum Gasteiger partial charge on any atom is -0.361 e. The van der Waals surface area contributed by atoms with Crippen molar-refractivity contribution < 1.29 is 4.79 Å². The minimum atomic E-state index is -0.00519. The number of rotatable bonds is 5. The third-order valence-electron chi connectivity index (χ3n) is 4.20. The standard InChI is InChI=1S/C20H22N2O/c1-14(2)20(23)22-12-17(15-8-4-3-5-9-15)18-13-21-19-11-7-6-10-16(18)19/h3-11,13-14,17,21H,12H2,1-2H3,(H,22,23)/t17-/m0/s1. The van der Waals surface area contributed by atoms with Crippen LogP contribution in [0.3, 0.4) is 0 Å². The Labute approximate surface area is 136 Å². The number of H-pyrrole nitrogens is 1. The smallest absolute Gasteiger partial charge is 0.222 e. The highest BCUT2D eigenvalue weighted by molar-refractivity contribution is 5.84. The summed E-state index contributed by atoms with van der Waals surface area (Å²) < 4.78 is 0. The molecule has 1 aromatic heterocycles. The molecule has 0 aliphatic carbocycles. The third kappa shape index (κ3) is 3.29. The van der Waals surface area contributed by atoms with Gasteiger partial charge < -0.3 is 10.3 Å². The molecule has 118 valence electrons. The van der Waals surface area contributed by atoms with Gasteiger partial charge in [0, 0.05) is 35.5 Å². The fraction of sp³-hybridized carbons (Fsp3) is 0.250. The third-order valence-corrected chi connectivity index (χ3v) is 4.20. The van der Waals surface area contributed by atoms with Crippen molar-refractivity contribution in [2.75, 3.05) is 6.54 Å². The van der Waals surface area contributed by atoms with Gasteiger partial charge in [0.1, 0.15) is 0 Å². The van der Waals surface area contributed by atoms with E-state index in [2.05, 4.69) is 46.8 Å². The van der Waals surface area contributed by atoms with Crippen LogP contribution in [0.25, 0.3) is 10.9 Å². The molecule has 0 saturated heterocycles. The molecule has 0 saturated carbocycles. The van der Waals surface area contributed by atoms with Gasteiger partial charge in [0.25, 0.3) is 0 Å². The maximum Gasteiger partial charge on any atom is 0.222 e. The van der Waals surface area contributed by atoms with Crippen molar-refractivity contribution in [3.05, 3.63) is 71.9 Å². The van der Waals surface area contributed by atoms with Crippen molar-refractivity contribution in [2.45, 2.75) is 19.8 Å². The number of carbonyl (C=O) groups is 1. The molecule has 0 spiro atoms. The van der Waals surface area contributed by atoms with Crippen LogP contribution in [0.15, 0.2) is 60.8 Å². The number of para-hydroxylation sites is 1. The number of hydrogen-bond donors (Lipinski definition) is 2. The second-order valence-electron chi connectivity index (χ2n) is 6.15. The molecule has 3 nitrogen and oxygen atoms in total. The van der Waals surface area contributed by atoms with E-state index in [0.29, 0.717) is 6.54 Å². The summed E-state index contributed by atoms with van der Waals surface area (Å²) >= 11 is 0. The molecule has 3 heteroatoms. The Morgan fingerprint density at radius 3 is 2.48 bits per heavy atom. The van der Waals surface area contributed by atoms with Gasteiger partial charge in [0.2, 0.25) is 5.91 Å². The molecule has 3 aromatic rings. The van der Waals surface area contributed by atoms with Crippen LogP contribution >= 0.6 is 0 Å². The first-order valence-corrected chi connectivity index (χ1v) is 8.05. The van der Waals surface area contributed by atoms with E-state index in [9.17, 15) is 4.79 Å². The van der Waals surface area contributed by atoms with Gasteiger partial charge in [0.05, 0.1) is 0 Å². The van der Waals surface area contributed by atoms with E-state index < -0.39 is 0 Å². The van der Waals surface area contributed by atoms with Crippen LogP contribution in [0, 0.1) is 5.92 Å². The summed E-state index contributed by atoms with van der Waals surface area (Å²) in [5.41, 5.74) is 3.55. The summed E-state index contributed by atoms with van der Waals surface area (Å²) in [5.74, 6) is 0.218. The molecule has 0 radical (unpaired) electrons. The fourth-order valence-corrected chi connectivity index (χ4v) is 2.88. The van der Waals surface area contributed by atoms with Gasteiger partial charge in [-0.1, -0.05) is 62.4 Å². The van der Waals surface area contributed by atoms with Crippen LogP contribution in [-0.2, 0) is 4.79 Å². The highest BCUT2D eigenvalue weighted by Gasteiger charge is 2.19. The van der Waals surface area contributed by atoms with Crippen LogP contribution in [0.5, 0.6) is 0 Å². The maximum absolute atomic E-state index is 12.0. The number of fused-ring (bicyclic) bond motifs is 1. The maximum atomic E-state index is 12.0. The average molecular weight is 306 g/mol. The lowest BCUT2D eigenvalue weighted by atomic mass is 9.91. The Morgan fingerprint density at radius 2 is 1.74 bits per heavy atom. The van der Waals surface area contributed by atoms with Crippen molar-refractivity contribution >= 4 is 16.8 Å². The van der Waals surface area contributed by atoms with Gasteiger partial charge in [-0.2, -0.15) is 0 Å². The van der Waals surface area contributed by atoms with Crippen LogP contribution in [0.2, 0.25) is 0 Å². The lowest BCUT2D eigenvalue weighted by Crippen LogP contribution is -2.32. The molecular formula is C20H22N2O. The normalized spacial score (nSPS) is 12.5. The topological polar surface area (TPSA) is 44.9 Å². The molecule has 2 N–H and O–H groups in total. The molecule has 0 unspecified atom stereocenters.